The average Bonchev–Trinajstić information content (AvgIpc) is 2.76. The van der Waals surface area contributed by atoms with Crippen LogP contribution >= 0.6 is 11.6 Å². The van der Waals surface area contributed by atoms with Crippen LogP contribution in [0, 0.1) is 0 Å². The first-order chi connectivity index (χ1) is 14.6. The smallest absolute Gasteiger partial charge is 0.340 e. The van der Waals surface area contributed by atoms with Gasteiger partial charge in [0.1, 0.15) is 5.75 Å². The molecule has 0 radical (unpaired) electrons. The summed E-state index contributed by atoms with van der Waals surface area (Å²) in [5.41, 5.74) is 0.165. The van der Waals surface area contributed by atoms with Crippen LogP contribution in [-0.4, -0.2) is 47.1 Å². The number of hydrogen-bond acceptors (Lipinski definition) is 6. The number of sulfonamides is 1. The van der Waals surface area contributed by atoms with E-state index in [4.69, 9.17) is 21.1 Å². The summed E-state index contributed by atoms with van der Waals surface area (Å²) in [7, 11) is -1.23. The van der Waals surface area contributed by atoms with Gasteiger partial charge in [-0.25, -0.2) is 13.2 Å². The maximum absolute atomic E-state index is 13.1. The zero-order valence-electron chi connectivity index (χ0n) is 17.7. The maximum atomic E-state index is 13.1. The Morgan fingerprint density at radius 1 is 1.19 bits per heavy atom. The van der Waals surface area contributed by atoms with Crippen LogP contribution in [0.4, 0.5) is 5.69 Å². The number of rotatable bonds is 9. The fourth-order valence-corrected chi connectivity index (χ4v) is 4.05. The largest absolute Gasteiger partial charge is 0.495 e. The molecule has 168 valence electrons. The van der Waals surface area contributed by atoms with Gasteiger partial charge < -0.3 is 14.8 Å². The zero-order chi connectivity index (χ0) is 23.2. The van der Waals surface area contributed by atoms with E-state index in [-0.39, 0.29) is 21.5 Å². The molecule has 0 aromatic heterocycles. The predicted octanol–water partition coefficient (Wildman–Crippen LogP) is 3.25. The Kier molecular flexibility index (Phi) is 8.29. The lowest BCUT2D eigenvalue weighted by Crippen LogP contribution is -2.35. The Hall–Kier alpha value is -2.78. The van der Waals surface area contributed by atoms with Gasteiger partial charge in [0.25, 0.3) is 15.9 Å². The van der Waals surface area contributed by atoms with E-state index in [0.717, 1.165) is 16.8 Å². The number of esters is 1. The third-order valence-electron chi connectivity index (χ3n) is 4.59. The van der Waals surface area contributed by atoms with Crippen LogP contribution in [0.1, 0.15) is 30.6 Å². The fraction of sp³-hybridized carbons (Fsp3) is 0.333. The van der Waals surface area contributed by atoms with Gasteiger partial charge in [0, 0.05) is 13.1 Å². The lowest BCUT2D eigenvalue weighted by atomic mass is 10.2. The van der Waals surface area contributed by atoms with Gasteiger partial charge in [0.05, 0.1) is 28.3 Å². The third-order valence-corrected chi connectivity index (χ3v) is 6.69. The minimum Gasteiger partial charge on any atom is -0.495 e. The topological polar surface area (TPSA) is 102 Å². The van der Waals surface area contributed by atoms with E-state index >= 15 is 0 Å². The normalized spacial score (nSPS) is 12.0. The summed E-state index contributed by atoms with van der Waals surface area (Å²) in [5.74, 6) is -0.991. The SMILES string of the molecule is CC[C@@H](C)NC(=O)COC(=O)c1cc(S(=O)(=O)N(C)c2ccccc2OC)ccc1Cl. The van der Waals surface area contributed by atoms with Gasteiger partial charge >= 0.3 is 5.97 Å². The number of benzene rings is 2. The van der Waals surface area contributed by atoms with Gasteiger partial charge in [0.15, 0.2) is 6.61 Å². The molecule has 0 unspecified atom stereocenters. The molecule has 0 saturated heterocycles. The number of methoxy groups -OCH3 is 1. The molecule has 10 heteroatoms. The van der Waals surface area contributed by atoms with E-state index in [1.54, 1.807) is 24.3 Å². The second-order valence-electron chi connectivity index (χ2n) is 6.74. The zero-order valence-corrected chi connectivity index (χ0v) is 19.3. The van der Waals surface area contributed by atoms with Crippen LogP contribution < -0.4 is 14.4 Å². The number of para-hydroxylation sites is 2. The lowest BCUT2D eigenvalue weighted by Gasteiger charge is -2.22. The number of hydrogen-bond donors (Lipinski definition) is 1. The first kappa shape index (κ1) is 24.5. The Balaban J connectivity index is 2.26. The summed E-state index contributed by atoms with van der Waals surface area (Å²) in [6.45, 7) is 3.23. The molecule has 0 bridgehead atoms. The number of nitrogens with one attached hydrogen (secondary N) is 1. The van der Waals surface area contributed by atoms with Gasteiger partial charge in [-0.3, -0.25) is 9.10 Å². The highest BCUT2D eigenvalue weighted by Crippen LogP contribution is 2.32. The molecule has 31 heavy (non-hydrogen) atoms. The molecule has 2 aromatic rings. The van der Waals surface area contributed by atoms with Crippen molar-refractivity contribution in [1.82, 2.24) is 5.32 Å². The standard InChI is InChI=1S/C21H25ClN2O6S/c1-5-14(2)23-20(25)13-30-21(26)16-12-15(10-11-17(16)22)31(27,28)24(3)18-8-6-7-9-19(18)29-4/h6-12,14H,5,13H2,1-4H3,(H,23,25)/t14-/m1/s1. The molecule has 1 atom stereocenters. The first-order valence-corrected chi connectivity index (χ1v) is 11.3. The molecule has 1 amide bonds. The summed E-state index contributed by atoms with van der Waals surface area (Å²) in [5, 5.41) is 2.67. The average molecular weight is 469 g/mol. The fourth-order valence-electron chi connectivity index (χ4n) is 2.63. The number of anilines is 1. The predicted molar refractivity (Wildman–Crippen MR) is 118 cm³/mol. The van der Waals surface area contributed by atoms with Crippen LogP contribution in [0.3, 0.4) is 0 Å². The minimum atomic E-state index is -4.04. The summed E-state index contributed by atoms with van der Waals surface area (Å²) >= 11 is 6.08. The third kappa shape index (κ3) is 5.89. The van der Waals surface area contributed by atoms with Crippen LogP contribution in [-0.2, 0) is 19.6 Å². The van der Waals surface area contributed by atoms with E-state index in [9.17, 15) is 18.0 Å². The maximum Gasteiger partial charge on any atom is 0.340 e. The summed E-state index contributed by atoms with van der Waals surface area (Å²) in [6.07, 6.45) is 0.727. The van der Waals surface area contributed by atoms with Crippen molar-refractivity contribution < 1.29 is 27.5 Å². The van der Waals surface area contributed by atoms with Crippen LogP contribution in [0.25, 0.3) is 0 Å². The highest BCUT2D eigenvalue weighted by molar-refractivity contribution is 7.92. The molecule has 0 aliphatic rings. The minimum absolute atomic E-state index is 0.00577. The van der Waals surface area contributed by atoms with Gasteiger partial charge in [-0.2, -0.15) is 0 Å². The van der Waals surface area contributed by atoms with Crippen LogP contribution in [0.15, 0.2) is 47.4 Å². The van der Waals surface area contributed by atoms with Crippen molar-refractivity contribution in [3.8, 4) is 5.75 Å². The van der Waals surface area contributed by atoms with E-state index in [1.165, 1.54) is 26.3 Å². The molecular weight excluding hydrogens is 444 g/mol. The second-order valence-corrected chi connectivity index (χ2v) is 9.12. The van der Waals surface area contributed by atoms with E-state index in [0.29, 0.717) is 11.4 Å². The molecule has 1 N–H and O–H groups in total. The number of amides is 1. The number of nitrogens with zero attached hydrogens (tertiary/aromatic N) is 1. The first-order valence-electron chi connectivity index (χ1n) is 9.49. The Bertz CT molecular complexity index is 1060. The molecule has 0 spiro atoms. The molecule has 0 aliphatic carbocycles. The highest BCUT2D eigenvalue weighted by Gasteiger charge is 2.26. The number of carbonyl (C=O) groups is 2. The van der Waals surface area contributed by atoms with Crippen molar-refractivity contribution in [2.45, 2.75) is 31.2 Å². The van der Waals surface area contributed by atoms with Gasteiger partial charge in [-0.15, -0.1) is 0 Å². The molecule has 2 aromatic carbocycles. The van der Waals surface area contributed by atoms with Crippen molar-refractivity contribution in [1.29, 1.82) is 0 Å². The second kappa shape index (κ2) is 10.5. The summed E-state index contributed by atoms with van der Waals surface area (Å²) in [6, 6.07) is 10.3. The monoisotopic (exact) mass is 468 g/mol. The van der Waals surface area contributed by atoms with Crippen molar-refractivity contribution >= 4 is 39.2 Å². The van der Waals surface area contributed by atoms with Crippen LogP contribution in [0.5, 0.6) is 5.75 Å². The van der Waals surface area contributed by atoms with E-state index in [1.807, 2.05) is 13.8 Å². The molecule has 0 aliphatic heterocycles. The highest BCUT2D eigenvalue weighted by atomic mass is 35.5. The van der Waals surface area contributed by atoms with Crippen molar-refractivity contribution in [2.24, 2.45) is 0 Å². The van der Waals surface area contributed by atoms with Crippen molar-refractivity contribution in [3.05, 3.63) is 53.1 Å². The Labute approximate surface area is 187 Å². The molecule has 2 rings (SSSR count). The Morgan fingerprint density at radius 3 is 2.52 bits per heavy atom. The number of halogens is 1. The molecular formula is C21H25ClN2O6S. The summed E-state index contributed by atoms with van der Waals surface area (Å²) in [4.78, 5) is 24.1. The van der Waals surface area contributed by atoms with Crippen LogP contribution in [0.2, 0.25) is 5.02 Å². The van der Waals surface area contributed by atoms with E-state index < -0.39 is 28.5 Å². The Morgan fingerprint density at radius 2 is 1.87 bits per heavy atom. The van der Waals surface area contributed by atoms with Gasteiger partial charge in [-0.05, 0) is 43.7 Å². The summed E-state index contributed by atoms with van der Waals surface area (Å²) < 4.78 is 37.5. The lowest BCUT2D eigenvalue weighted by molar-refractivity contribution is -0.124. The van der Waals surface area contributed by atoms with Gasteiger partial charge in [-0.1, -0.05) is 30.7 Å². The number of carbonyl (C=O) groups excluding carboxylic acids is 2. The molecule has 8 nitrogen and oxygen atoms in total. The van der Waals surface area contributed by atoms with E-state index in [2.05, 4.69) is 5.32 Å². The molecule has 0 saturated carbocycles. The molecule has 0 fully saturated rings. The van der Waals surface area contributed by atoms with Crippen molar-refractivity contribution in [2.75, 3.05) is 25.1 Å². The quantitative estimate of drug-likeness (QED) is 0.567. The number of ether oxygens (including phenoxy) is 2. The van der Waals surface area contributed by atoms with Gasteiger partial charge in [0.2, 0.25) is 0 Å². The molecule has 0 heterocycles. The van der Waals surface area contributed by atoms with Crippen molar-refractivity contribution in [3.63, 3.8) is 0 Å².